The number of rotatable bonds is 5. The number of halogens is 1. The number of fused-ring (bicyclic) bond motifs is 2. The van der Waals surface area contributed by atoms with Crippen LogP contribution in [0.1, 0.15) is 62.3 Å². The first-order chi connectivity index (χ1) is 19.0. The molecule has 40 heavy (non-hydrogen) atoms. The molecule has 5 rings (SSSR count). The number of para-hydroxylation sites is 2. The van der Waals surface area contributed by atoms with Crippen LogP contribution in [0.5, 0.6) is 0 Å². The van der Waals surface area contributed by atoms with Crippen molar-refractivity contribution >= 4 is 57.9 Å². The van der Waals surface area contributed by atoms with Crippen LogP contribution < -0.4 is 5.46 Å². The van der Waals surface area contributed by atoms with Gasteiger partial charge in [-0.3, -0.25) is 9.97 Å². The average molecular weight is 563 g/mol. The molecule has 1 aliphatic rings. The van der Waals surface area contributed by atoms with Crippen molar-refractivity contribution in [1.82, 2.24) is 9.97 Å². The first-order valence-electron chi connectivity index (χ1n) is 13.1. The molecule has 0 aliphatic carbocycles. The van der Waals surface area contributed by atoms with Gasteiger partial charge in [-0.15, -0.1) is 0 Å². The molecule has 208 valence electrons. The van der Waals surface area contributed by atoms with Crippen LogP contribution in [0.3, 0.4) is 0 Å². The molecule has 1 fully saturated rings. The van der Waals surface area contributed by atoms with E-state index in [1.165, 1.54) is 0 Å². The zero-order valence-electron chi connectivity index (χ0n) is 23.5. The summed E-state index contributed by atoms with van der Waals surface area (Å²) in [5, 5.41) is 2.17. The van der Waals surface area contributed by atoms with Gasteiger partial charge in [0.05, 0.1) is 51.6 Å². The van der Waals surface area contributed by atoms with Crippen molar-refractivity contribution < 1.29 is 28.4 Å². The number of nitrogens with zero attached hydrogens (tertiary/aromatic N) is 2. The van der Waals surface area contributed by atoms with Crippen molar-refractivity contribution in [1.29, 1.82) is 0 Å². The van der Waals surface area contributed by atoms with Gasteiger partial charge in [-0.25, -0.2) is 9.59 Å². The van der Waals surface area contributed by atoms with Gasteiger partial charge in [0.1, 0.15) is 0 Å². The second-order valence-corrected chi connectivity index (χ2v) is 10.5. The lowest BCUT2D eigenvalue weighted by Gasteiger charge is -2.32. The van der Waals surface area contributed by atoms with Crippen LogP contribution in [-0.2, 0) is 18.8 Å². The van der Waals surface area contributed by atoms with Gasteiger partial charge in [0.2, 0.25) is 0 Å². The van der Waals surface area contributed by atoms with E-state index >= 15 is 0 Å². The number of hydrogen-bond donors (Lipinski definition) is 0. The molecule has 0 unspecified atom stereocenters. The molecule has 0 amide bonds. The Kier molecular flexibility index (Phi) is 8.78. The number of carbonyl (C=O) groups is 2. The molecule has 1 saturated heterocycles. The fourth-order valence-corrected chi connectivity index (χ4v) is 4.47. The van der Waals surface area contributed by atoms with E-state index < -0.39 is 18.3 Å². The summed E-state index contributed by atoms with van der Waals surface area (Å²) >= 11 is 6.02. The minimum Gasteiger partial charge on any atom is -0.462 e. The van der Waals surface area contributed by atoms with Crippen LogP contribution in [0.15, 0.2) is 60.9 Å². The van der Waals surface area contributed by atoms with Crippen molar-refractivity contribution in [3.8, 4) is 0 Å². The van der Waals surface area contributed by atoms with Gasteiger partial charge in [0.15, 0.2) is 0 Å². The van der Waals surface area contributed by atoms with E-state index in [9.17, 15) is 9.59 Å². The molecule has 3 heterocycles. The molecular formula is C30H32BClN2O6. The van der Waals surface area contributed by atoms with Gasteiger partial charge in [-0.1, -0.05) is 35.9 Å². The lowest BCUT2D eigenvalue weighted by molar-refractivity contribution is 0.00578. The monoisotopic (exact) mass is 562 g/mol. The number of hydrogen-bond acceptors (Lipinski definition) is 8. The van der Waals surface area contributed by atoms with Gasteiger partial charge < -0.3 is 18.8 Å². The maximum atomic E-state index is 12.2. The van der Waals surface area contributed by atoms with E-state index in [4.69, 9.17) is 30.4 Å². The zero-order valence-corrected chi connectivity index (χ0v) is 24.2. The molecule has 10 heteroatoms. The summed E-state index contributed by atoms with van der Waals surface area (Å²) in [6.45, 7) is 12.3. The molecule has 0 N–H and O–H groups in total. The fraction of sp³-hybridized carbons (Fsp3) is 0.333. The summed E-state index contributed by atoms with van der Waals surface area (Å²) in [6, 6.07) is 14.3. The van der Waals surface area contributed by atoms with E-state index in [2.05, 4.69) is 9.97 Å². The largest absolute Gasteiger partial charge is 0.495 e. The maximum Gasteiger partial charge on any atom is 0.495 e. The standard InChI is InChI=1S/C18H22BNO4.C12H10ClNO2/c1-6-22-16(21)13-9-7-8-12-14(10-11-20-15(12)13)19-23-17(2,3)18(4,5)24-19;1-2-16-12(15)9-5-3-4-8-10(13)6-7-14-11(8)9/h7-11H,6H2,1-5H3;3-7H,2H2,1H3. The highest BCUT2D eigenvalue weighted by Gasteiger charge is 2.52. The summed E-state index contributed by atoms with van der Waals surface area (Å²) < 4.78 is 22.4. The quantitative estimate of drug-likeness (QED) is 0.223. The van der Waals surface area contributed by atoms with Gasteiger partial charge in [-0.2, -0.15) is 0 Å². The smallest absolute Gasteiger partial charge is 0.462 e. The van der Waals surface area contributed by atoms with Crippen molar-refractivity contribution in [2.75, 3.05) is 13.2 Å². The summed E-state index contributed by atoms with van der Waals surface area (Å²) in [5.41, 5.74) is 2.09. The van der Waals surface area contributed by atoms with Gasteiger partial charge in [-0.05, 0) is 71.3 Å². The molecule has 0 spiro atoms. The van der Waals surface area contributed by atoms with Crippen molar-refractivity contribution in [3.63, 3.8) is 0 Å². The Labute approximate surface area is 239 Å². The van der Waals surface area contributed by atoms with E-state index in [0.717, 1.165) is 16.2 Å². The van der Waals surface area contributed by atoms with Crippen LogP contribution in [0.4, 0.5) is 0 Å². The minimum absolute atomic E-state index is 0.326. The summed E-state index contributed by atoms with van der Waals surface area (Å²) in [6.07, 6.45) is 3.25. The number of aromatic nitrogens is 2. The molecule has 0 bridgehead atoms. The Morgan fingerprint density at radius 3 is 1.77 bits per heavy atom. The Bertz CT molecular complexity index is 1540. The lowest BCUT2D eigenvalue weighted by Crippen LogP contribution is -2.41. The van der Waals surface area contributed by atoms with Crippen LogP contribution in [0.2, 0.25) is 5.02 Å². The van der Waals surface area contributed by atoms with E-state index in [1.807, 2.05) is 52.0 Å². The maximum absolute atomic E-state index is 12.2. The molecule has 4 aromatic rings. The normalized spacial score (nSPS) is 15.4. The average Bonchev–Trinajstić information content (AvgIpc) is 3.14. The topological polar surface area (TPSA) is 96.8 Å². The van der Waals surface area contributed by atoms with Gasteiger partial charge >= 0.3 is 19.1 Å². The van der Waals surface area contributed by atoms with E-state index in [0.29, 0.717) is 40.4 Å². The number of carbonyl (C=O) groups excluding carboxylic acids is 2. The van der Waals surface area contributed by atoms with Gasteiger partial charge in [0, 0.05) is 23.2 Å². The molecule has 2 aromatic heterocycles. The highest BCUT2D eigenvalue weighted by Crippen LogP contribution is 2.37. The highest BCUT2D eigenvalue weighted by atomic mass is 35.5. The summed E-state index contributed by atoms with van der Waals surface area (Å²) in [5.74, 6) is -0.746. The van der Waals surface area contributed by atoms with Crippen molar-refractivity contribution in [3.05, 3.63) is 77.1 Å². The molecular weight excluding hydrogens is 531 g/mol. The molecule has 0 saturated carbocycles. The van der Waals surface area contributed by atoms with Crippen LogP contribution in [0, 0.1) is 0 Å². The predicted octanol–water partition coefficient (Wildman–Crippen LogP) is 5.78. The zero-order chi connectivity index (χ0) is 29.1. The highest BCUT2D eigenvalue weighted by molar-refractivity contribution is 6.65. The second kappa shape index (κ2) is 11.9. The Hall–Kier alpha value is -3.53. The summed E-state index contributed by atoms with van der Waals surface area (Å²) in [7, 11) is -0.502. The number of pyridine rings is 2. The Morgan fingerprint density at radius 2 is 1.25 bits per heavy atom. The molecule has 0 atom stereocenters. The van der Waals surface area contributed by atoms with Crippen molar-refractivity contribution in [2.45, 2.75) is 52.7 Å². The van der Waals surface area contributed by atoms with Crippen molar-refractivity contribution in [2.24, 2.45) is 0 Å². The fourth-order valence-electron chi connectivity index (χ4n) is 4.26. The number of ether oxygens (including phenoxy) is 2. The first kappa shape index (κ1) is 29.5. The van der Waals surface area contributed by atoms with Crippen LogP contribution >= 0.6 is 11.6 Å². The second-order valence-electron chi connectivity index (χ2n) is 10.1. The minimum atomic E-state index is -0.502. The van der Waals surface area contributed by atoms with E-state index in [-0.39, 0.29) is 11.9 Å². The van der Waals surface area contributed by atoms with Crippen LogP contribution in [0.25, 0.3) is 21.8 Å². The molecule has 1 aliphatic heterocycles. The third-order valence-electron chi connectivity index (χ3n) is 7.02. The third-order valence-corrected chi connectivity index (χ3v) is 7.35. The molecule has 0 radical (unpaired) electrons. The molecule has 2 aromatic carbocycles. The lowest BCUT2D eigenvalue weighted by atomic mass is 9.77. The predicted molar refractivity (Wildman–Crippen MR) is 156 cm³/mol. The Balaban J connectivity index is 0.000000201. The number of esters is 2. The Morgan fingerprint density at radius 1 is 0.775 bits per heavy atom. The SMILES string of the molecule is CCOC(=O)c1cccc2c(B3OC(C)(C)C(C)(C)O3)ccnc12.CCOC(=O)c1cccc2c(Cl)ccnc12. The third kappa shape index (κ3) is 5.82. The summed E-state index contributed by atoms with van der Waals surface area (Å²) in [4.78, 5) is 32.4. The molecule has 8 nitrogen and oxygen atoms in total. The first-order valence-corrected chi connectivity index (χ1v) is 13.5. The number of benzene rings is 2. The van der Waals surface area contributed by atoms with E-state index in [1.54, 1.807) is 50.5 Å². The van der Waals surface area contributed by atoms with Crippen LogP contribution in [-0.4, -0.2) is 53.4 Å². The van der Waals surface area contributed by atoms with Gasteiger partial charge in [0.25, 0.3) is 0 Å².